The van der Waals surface area contributed by atoms with E-state index in [4.69, 9.17) is 4.74 Å². The Kier molecular flexibility index (Phi) is 6.65. The molecule has 1 N–H and O–H groups in total. The second kappa shape index (κ2) is 9.79. The van der Waals surface area contributed by atoms with Crippen LogP contribution in [-0.4, -0.2) is 27.8 Å². The molecule has 2 heterocycles. The van der Waals surface area contributed by atoms with E-state index in [0.29, 0.717) is 39.0 Å². The number of nitrogens with zero attached hydrogens (tertiary/aromatic N) is 2. The Morgan fingerprint density at radius 3 is 2.61 bits per heavy atom. The molecule has 166 valence electrons. The van der Waals surface area contributed by atoms with Crippen LogP contribution in [0.15, 0.2) is 82.5 Å². The van der Waals surface area contributed by atoms with Crippen molar-refractivity contribution in [3.63, 3.8) is 0 Å². The summed E-state index contributed by atoms with van der Waals surface area (Å²) in [6.45, 7) is 2.23. The first-order chi connectivity index (χ1) is 16.0. The van der Waals surface area contributed by atoms with E-state index in [2.05, 4.69) is 26.2 Å². The molecule has 2 aromatic heterocycles. The third-order valence-electron chi connectivity index (χ3n) is 5.00. The second-order valence-electron chi connectivity index (χ2n) is 7.20. The van der Waals surface area contributed by atoms with Crippen LogP contribution < -0.4 is 15.5 Å². The van der Waals surface area contributed by atoms with Gasteiger partial charge in [-0.2, -0.15) is 0 Å². The Hall–Kier alpha value is -3.78. The largest absolute Gasteiger partial charge is 0.492 e. The number of benzene rings is 2. The van der Waals surface area contributed by atoms with E-state index in [-0.39, 0.29) is 18.0 Å². The van der Waals surface area contributed by atoms with Crippen LogP contribution in [0.25, 0.3) is 10.9 Å². The van der Waals surface area contributed by atoms with Crippen LogP contribution in [0, 0.1) is 0 Å². The summed E-state index contributed by atoms with van der Waals surface area (Å²) in [5.74, 6) is -0.187. The number of rotatable bonds is 7. The van der Waals surface area contributed by atoms with E-state index in [1.165, 1.54) is 18.6 Å². The summed E-state index contributed by atoms with van der Waals surface area (Å²) >= 11 is 3.38. The van der Waals surface area contributed by atoms with E-state index in [1.54, 1.807) is 53.1 Å². The van der Waals surface area contributed by atoms with Gasteiger partial charge in [0.15, 0.2) is 5.78 Å². The number of aromatic nitrogens is 2. The Balaban J connectivity index is 1.74. The molecule has 0 bridgehead atoms. The zero-order chi connectivity index (χ0) is 23.4. The number of anilines is 1. The van der Waals surface area contributed by atoms with E-state index in [9.17, 15) is 14.4 Å². The lowest BCUT2D eigenvalue weighted by Gasteiger charge is -2.15. The van der Waals surface area contributed by atoms with Gasteiger partial charge in [0.05, 0.1) is 23.4 Å². The molecule has 0 aliphatic carbocycles. The predicted octanol–water partition coefficient (Wildman–Crippen LogP) is 4.43. The maximum absolute atomic E-state index is 13.2. The van der Waals surface area contributed by atoms with Crippen molar-refractivity contribution in [2.45, 2.75) is 13.5 Å². The molecule has 0 atom stereocenters. The van der Waals surface area contributed by atoms with E-state index in [0.717, 1.165) is 0 Å². The van der Waals surface area contributed by atoms with Crippen LogP contribution in [-0.2, 0) is 11.3 Å². The first kappa shape index (κ1) is 22.4. The summed E-state index contributed by atoms with van der Waals surface area (Å²) in [5, 5.41) is 3.19. The third kappa shape index (κ3) is 4.85. The third-order valence-corrected chi connectivity index (χ3v) is 5.50. The van der Waals surface area contributed by atoms with Gasteiger partial charge < -0.3 is 14.6 Å². The highest BCUT2D eigenvalue weighted by molar-refractivity contribution is 9.10. The number of carbonyl (C=O) groups is 2. The SMILES string of the molecule is CCOc1ccccc1NC(=O)Cn1cc(C(=O)c2ccncc2)c(=O)c2cc(Br)ccc21. The van der Waals surface area contributed by atoms with Crippen LogP contribution >= 0.6 is 15.9 Å². The number of ether oxygens (including phenoxy) is 1. The number of halogens is 1. The first-order valence-electron chi connectivity index (χ1n) is 10.3. The molecule has 33 heavy (non-hydrogen) atoms. The van der Waals surface area contributed by atoms with Crippen molar-refractivity contribution in [1.82, 2.24) is 9.55 Å². The lowest BCUT2D eigenvalue weighted by molar-refractivity contribution is -0.116. The van der Waals surface area contributed by atoms with Crippen molar-refractivity contribution in [2.75, 3.05) is 11.9 Å². The summed E-state index contributed by atoms with van der Waals surface area (Å²) in [7, 11) is 0. The fraction of sp³-hybridized carbons (Fsp3) is 0.120. The minimum Gasteiger partial charge on any atom is -0.492 e. The van der Waals surface area contributed by atoms with Gasteiger partial charge in [-0.3, -0.25) is 19.4 Å². The maximum atomic E-state index is 13.2. The van der Waals surface area contributed by atoms with Gasteiger partial charge in [-0.1, -0.05) is 28.1 Å². The van der Waals surface area contributed by atoms with Crippen LogP contribution in [0.5, 0.6) is 5.75 Å². The Labute approximate surface area is 198 Å². The van der Waals surface area contributed by atoms with Gasteiger partial charge in [-0.05, 0) is 49.4 Å². The van der Waals surface area contributed by atoms with Crippen LogP contribution in [0.2, 0.25) is 0 Å². The molecule has 0 aliphatic rings. The van der Waals surface area contributed by atoms with Crippen molar-refractivity contribution in [3.8, 4) is 5.75 Å². The Morgan fingerprint density at radius 1 is 1.09 bits per heavy atom. The fourth-order valence-corrected chi connectivity index (χ4v) is 3.88. The number of hydrogen-bond acceptors (Lipinski definition) is 5. The van der Waals surface area contributed by atoms with Gasteiger partial charge in [-0.15, -0.1) is 0 Å². The number of nitrogens with one attached hydrogen (secondary N) is 1. The summed E-state index contributed by atoms with van der Waals surface area (Å²) in [4.78, 5) is 43.1. The molecule has 7 nitrogen and oxygen atoms in total. The monoisotopic (exact) mass is 505 g/mol. The average Bonchev–Trinajstić information content (AvgIpc) is 2.82. The first-order valence-corrected chi connectivity index (χ1v) is 11.1. The Morgan fingerprint density at radius 2 is 1.85 bits per heavy atom. The smallest absolute Gasteiger partial charge is 0.244 e. The molecule has 8 heteroatoms. The standard InChI is InChI=1S/C25H20BrN3O4/c1-2-33-22-6-4-3-5-20(22)28-23(30)15-29-14-19(24(31)16-9-11-27-12-10-16)25(32)18-13-17(26)7-8-21(18)29/h3-14H,2,15H2,1H3,(H,28,30). The molecule has 4 rings (SSSR count). The van der Waals surface area contributed by atoms with E-state index < -0.39 is 11.2 Å². The number of pyridine rings is 2. The zero-order valence-electron chi connectivity index (χ0n) is 17.7. The van der Waals surface area contributed by atoms with Gasteiger partial charge in [0, 0.05) is 34.0 Å². The van der Waals surface area contributed by atoms with Crippen molar-refractivity contribution >= 4 is 44.2 Å². The van der Waals surface area contributed by atoms with Gasteiger partial charge in [0.25, 0.3) is 0 Å². The number of para-hydroxylation sites is 2. The molecule has 0 spiro atoms. The van der Waals surface area contributed by atoms with Gasteiger partial charge in [-0.25, -0.2) is 0 Å². The number of amides is 1. The normalized spacial score (nSPS) is 10.7. The molecule has 0 saturated heterocycles. The van der Waals surface area contributed by atoms with Crippen LogP contribution in [0.3, 0.4) is 0 Å². The minimum atomic E-state index is -0.430. The molecular formula is C25H20BrN3O4. The van der Waals surface area contributed by atoms with Crippen molar-refractivity contribution < 1.29 is 14.3 Å². The molecule has 0 fully saturated rings. The fourth-order valence-electron chi connectivity index (χ4n) is 3.52. The Bertz CT molecular complexity index is 1400. The maximum Gasteiger partial charge on any atom is 0.244 e. The van der Waals surface area contributed by atoms with Crippen molar-refractivity contribution in [1.29, 1.82) is 0 Å². The summed E-state index contributed by atoms with van der Waals surface area (Å²) in [5.41, 5.74) is 1.02. The molecule has 0 saturated carbocycles. The van der Waals surface area contributed by atoms with Crippen molar-refractivity contribution in [2.24, 2.45) is 0 Å². The van der Waals surface area contributed by atoms with E-state index >= 15 is 0 Å². The minimum absolute atomic E-state index is 0.0192. The van der Waals surface area contributed by atoms with Gasteiger partial charge in [0.2, 0.25) is 11.3 Å². The van der Waals surface area contributed by atoms with E-state index in [1.807, 2.05) is 13.0 Å². The quantitative estimate of drug-likeness (QED) is 0.375. The molecule has 0 unspecified atom stereocenters. The zero-order valence-corrected chi connectivity index (χ0v) is 19.3. The number of ketones is 1. The summed E-state index contributed by atoms with van der Waals surface area (Å²) in [6.07, 6.45) is 4.43. The highest BCUT2D eigenvalue weighted by Gasteiger charge is 2.19. The van der Waals surface area contributed by atoms with Crippen LogP contribution in [0.1, 0.15) is 22.8 Å². The molecule has 1 amide bonds. The lowest BCUT2D eigenvalue weighted by atomic mass is 10.0. The number of fused-ring (bicyclic) bond motifs is 1. The highest BCUT2D eigenvalue weighted by Crippen LogP contribution is 2.24. The van der Waals surface area contributed by atoms with Crippen LogP contribution in [0.4, 0.5) is 5.69 Å². The number of carbonyl (C=O) groups excluding carboxylic acids is 2. The summed E-state index contributed by atoms with van der Waals surface area (Å²) < 4.78 is 7.87. The molecule has 4 aromatic rings. The molecular weight excluding hydrogens is 486 g/mol. The molecule has 2 aromatic carbocycles. The predicted molar refractivity (Wildman–Crippen MR) is 130 cm³/mol. The molecule has 0 radical (unpaired) electrons. The highest BCUT2D eigenvalue weighted by atomic mass is 79.9. The van der Waals surface area contributed by atoms with Gasteiger partial charge >= 0.3 is 0 Å². The molecule has 0 aliphatic heterocycles. The number of hydrogen-bond donors (Lipinski definition) is 1. The average molecular weight is 506 g/mol. The summed E-state index contributed by atoms with van der Waals surface area (Å²) in [6, 6.07) is 15.4. The van der Waals surface area contributed by atoms with Gasteiger partial charge in [0.1, 0.15) is 12.3 Å². The topological polar surface area (TPSA) is 90.3 Å². The lowest BCUT2D eigenvalue weighted by Crippen LogP contribution is -2.24. The van der Waals surface area contributed by atoms with Crippen molar-refractivity contribution in [3.05, 3.63) is 99.0 Å². The second-order valence-corrected chi connectivity index (χ2v) is 8.12.